The van der Waals surface area contributed by atoms with E-state index in [1.807, 2.05) is 18.2 Å². The van der Waals surface area contributed by atoms with Crippen LogP contribution in [-0.2, 0) is 4.79 Å². The highest BCUT2D eigenvalue weighted by atomic mass is 16.2. The molecule has 1 aromatic carbocycles. The molecular formula is C15H17N3O. The van der Waals surface area contributed by atoms with Crippen molar-refractivity contribution in [1.82, 2.24) is 0 Å². The van der Waals surface area contributed by atoms with Crippen LogP contribution in [0.1, 0.15) is 25.8 Å². The van der Waals surface area contributed by atoms with Crippen LogP contribution in [0, 0.1) is 17.8 Å². The normalized spacial score (nSPS) is 21.9. The van der Waals surface area contributed by atoms with Crippen LogP contribution in [0.4, 0.5) is 0 Å². The topological polar surface area (TPSA) is 65.8 Å². The monoisotopic (exact) mass is 255 g/mol. The molecule has 0 spiro atoms. The number of hydrogen-bond acceptors (Lipinski definition) is 1. The van der Waals surface area contributed by atoms with Crippen LogP contribution in [-0.4, -0.2) is 5.91 Å². The number of amides is 1. The molecule has 0 saturated heterocycles. The van der Waals surface area contributed by atoms with Gasteiger partial charge in [0, 0.05) is 10.8 Å². The first-order valence-corrected chi connectivity index (χ1v) is 6.49. The highest BCUT2D eigenvalue weighted by Crippen LogP contribution is 2.48. The first kappa shape index (κ1) is 13.4. The van der Waals surface area contributed by atoms with E-state index < -0.39 is 0 Å². The van der Waals surface area contributed by atoms with Crippen molar-refractivity contribution >= 4 is 12.0 Å². The van der Waals surface area contributed by atoms with Crippen molar-refractivity contribution in [3.63, 3.8) is 0 Å². The van der Waals surface area contributed by atoms with E-state index in [2.05, 4.69) is 42.1 Å². The minimum atomic E-state index is -0.327. The summed E-state index contributed by atoms with van der Waals surface area (Å²) in [5.74, 6) is 0.174. The molecule has 1 aliphatic carbocycles. The third kappa shape index (κ3) is 3.24. The number of carbonyl (C=O) groups excluding carboxylic acids is 1. The number of carbonyl (C=O) groups is 1. The maximum Gasteiger partial charge on any atom is 0.222 e. The zero-order chi connectivity index (χ0) is 13.8. The zero-order valence-electron chi connectivity index (χ0n) is 11.2. The van der Waals surface area contributed by atoms with Gasteiger partial charge in [0.1, 0.15) is 0 Å². The Morgan fingerprint density at radius 3 is 2.63 bits per heavy atom. The van der Waals surface area contributed by atoms with Gasteiger partial charge in [0.15, 0.2) is 0 Å². The Bertz CT molecular complexity index is 542. The summed E-state index contributed by atoms with van der Waals surface area (Å²) in [5.41, 5.74) is 10.7. The van der Waals surface area contributed by atoms with Gasteiger partial charge in [0.05, 0.1) is 0 Å². The molecule has 98 valence electrons. The first-order chi connectivity index (χ1) is 9.13. The van der Waals surface area contributed by atoms with Gasteiger partial charge in [0.2, 0.25) is 5.91 Å². The smallest absolute Gasteiger partial charge is 0.222 e. The Hall–Kier alpha value is -2.06. The van der Waals surface area contributed by atoms with E-state index in [-0.39, 0.29) is 17.7 Å². The summed E-state index contributed by atoms with van der Waals surface area (Å²) in [5, 5.41) is 3.20. The molecule has 0 radical (unpaired) electrons. The van der Waals surface area contributed by atoms with Gasteiger partial charge in [-0.2, -0.15) is 0 Å². The Balaban J connectivity index is 2.18. The number of hydrogen-bond donors (Lipinski definition) is 0. The van der Waals surface area contributed by atoms with Crippen LogP contribution in [0.15, 0.2) is 41.0 Å². The lowest BCUT2D eigenvalue weighted by atomic mass is 9.95. The van der Waals surface area contributed by atoms with Gasteiger partial charge in [-0.25, -0.2) is 0 Å². The van der Waals surface area contributed by atoms with Crippen molar-refractivity contribution in [1.29, 1.82) is 0 Å². The van der Waals surface area contributed by atoms with Gasteiger partial charge >= 0.3 is 0 Å². The molecule has 0 unspecified atom stereocenters. The average molecular weight is 255 g/mol. The fraction of sp³-hybridized carbons (Fsp3) is 0.400. The molecule has 4 heteroatoms. The van der Waals surface area contributed by atoms with E-state index in [4.69, 9.17) is 5.53 Å². The maximum atomic E-state index is 11.5. The summed E-state index contributed by atoms with van der Waals surface area (Å²) in [6.45, 7) is 4.25. The fourth-order valence-corrected chi connectivity index (χ4v) is 2.40. The van der Waals surface area contributed by atoms with Crippen LogP contribution < -0.4 is 0 Å². The first-order valence-electron chi connectivity index (χ1n) is 6.49. The second-order valence-electron chi connectivity index (χ2n) is 5.19. The molecule has 2 rings (SSSR count). The lowest BCUT2D eigenvalue weighted by Crippen LogP contribution is -2.03. The average Bonchev–Trinajstić information content (AvgIpc) is 3.17. The molecule has 0 N–H and O–H groups in total. The third-order valence-electron chi connectivity index (χ3n) is 3.48. The van der Waals surface area contributed by atoms with E-state index >= 15 is 0 Å². The number of rotatable bonds is 4. The molecule has 2 atom stereocenters. The third-order valence-corrected chi connectivity index (χ3v) is 3.48. The Morgan fingerprint density at radius 1 is 1.37 bits per heavy atom. The number of azide groups is 1. The fourth-order valence-electron chi connectivity index (χ4n) is 2.40. The van der Waals surface area contributed by atoms with Gasteiger partial charge < -0.3 is 0 Å². The van der Waals surface area contributed by atoms with E-state index in [9.17, 15) is 4.79 Å². The Labute approximate surface area is 112 Å². The van der Waals surface area contributed by atoms with Crippen molar-refractivity contribution in [3.8, 4) is 0 Å². The Kier molecular flexibility index (Phi) is 4.03. The molecule has 1 aliphatic rings. The van der Waals surface area contributed by atoms with Crippen LogP contribution in [0.5, 0.6) is 0 Å². The van der Waals surface area contributed by atoms with Crippen molar-refractivity contribution in [2.24, 2.45) is 22.9 Å². The highest BCUT2D eigenvalue weighted by Gasteiger charge is 2.44. The van der Waals surface area contributed by atoms with Crippen molar-refractivity contribution < 1.29 is 4.79 Å². The second kappa shape index (κ2) is 5.72. The quantitative estimate of drug-likeness (QED) is 0.451. The SMILES string of the molecule is CC(C)/C(=C\c1ccccc1)[C@@H]1C[C@H]1C(=O)N=[N+]=[N-]. The molecular weight excluding hydrogens is 238 g/mol. The second-order valence-corrected chi connectivity index (χ2v) is 5.19. The largest absolute Gasteiger partial charge is 0.292 e. The van der Waals surface area contributed by atoms with E-state index in [1.54, 1.807) is 0 Å². The molecule has 0 aliphatic heterocycles. The van der Waals surface area contributed by atoms with E-state index in [1.165, 1.54) is 5.57 Å². The van der Waals surface area contributed by atoms with Gasteiger partial charge in [-0.05, 0) is 34.5 Å². The van der Waals surface area contributed by atoms with Crippen LogP contribution >= 0.6 is 0 Å². The predicted molar refractivity (Wildman–Crippen MR) is 75.0 cm³/mol. The molecule has 1 fully saturated rings. The van der Waals surface area contributed by atoms with Crippen LogP contribution in [0.2, 0.25) is 0 Å². The molecule has 0 bridgehead atoms. The summed E-state index contributed by atoms with van der Waals surface area (Å²) in [4.78, 5) is 14.1. The van der Waals surface area contributed by atoms with E-state index in [0.717, 1.165) is 12.0 Å². The molecule has 1 aromatic rings. The molecule has 1 amide bonds. The summed E-state index contributed by atoms with van der Waals surface area (Å²) in [6.07, 6.45) is 2.95. The van der Waals surface area contributed by atoms with Gasteiger partial charge in [-0.1, -0.05) is 55.8 Å². The lowest BCUT2D eigenvalue weighted by Gasteiger charge is -2.11. The van der Waals surface area contributed by atoms with Gasteiger partial charge in [-0.15, -0.1) is 0 Å². The molecule has 1 saturated carbocycles. The number of nitrogens with zero attached hydrogens (tertiary/aromatic N) is 3. The summed E-state index contributed by atoms with van der Waals surface area (Å²) < 4.78 is 0. The number of benzene rings is 1. The maximum absolute atomic E-state index is 11.5. The highest BCUT2D eigenvalue weighted by molar-refractivity contribution is 5.83. The minimum absolute atomic E-state index is 0.117. The summed E-state index contributed by atoms with van der Waals surface area (Å²) >= 11 is 0. The molecule has 4 nitrogen and oxygen atoms in total. The van der Waals surface area contributed by atoms with E-state index in [0.29, 0.717) is 5.92 Å². The van der Waals surface area contributed by atoms with Crippen molar-refractivity contribution in [2.45, 2.75) is 20.3 Å². The predicted octanol–water partition coefficient (Wildman–Crippen LogP) is 4.20. The summed E-state index contributed by atoms with van der Waals surface area (Å²) in [7, 11) is 0. The number of allylic oxidation sites excluding steroid dienone is 1. The van der Waals surface area contributed by atoms with Gasteiger partial charge in [0.25, 0.3) is 0 Å². The van der Waals surface area contributed by atoms with Crippen molar-refractivity contribution in [3.05, 3.63) is 51.9 Å². The van der Waals surface area contributed by atoms with Crippen molar-refractivity contribution in [2.75, 3.05) is 0 Å². The summed E-state index contributed by atoms with van der Waals surface area (Å²) in [6, 6.07) is 10.1. The minimum Gasteiger partial charge on any atom is -0.292 e. The molecule has 0 aromatic heterocycles. The zero-order valence-corrected chi connectivity index (χ0v) is 11.2. The molecule has 0 heterocycles. The molecule has 19 heavy (non-hydrogen) atoms. The van der Waals surface area contributed by atoms with Crippen LogP contribution in [0.25, 0.3) is 16.5 Å². The lowest BCUT2D eigenvalue weighted by molar-refractivity contribution is -0.119. The van der Waals surface area contributed by atoms with Crippen LogP contribution in [0.3, 0.4) is 0 Å². The standard InChI is InChI=1S/C15H17N3O/c1-10(2)12(8-11-6-4-3-5-7-11)13-9-14(13)15(19)17-18-16/h3-8,10,13-14H,9H2,1-2H3/b12-8+/t13-,14+/m0/s1. The van der Waals surface area contributed by atoms with Gasteiger partial charge in [-0.3, -0.25) is 4.79 Å². The Morgan fingerprint density at radius 2 is 2.05 bits per heavy atom.